The van der Waals surface area contributed by atoms with E-state index in [0.29, 0.717) is 0 Å². The SMILES string of the molecule is CC(=O)Nc1ccc2c(c1)CCN(c1cc(Cl)cc3[nH]ccc13)C2. The summed E-state index contributed by atoms with van der Waals surface area (Å²) in [4.78, 5) is 16.8. The van der Waals surface area contributed by atoms with Crippen LogP contribution < -0.4 is 10.2 Å². The fourth-order valence-electron chi connectivity index (χ4n) is 3.41. The Bertz CT molecular complexity index is 932. The first-order valence-corrected chi connectivity index (χ1v) is 8.39. The third-order valence-corrected chi connectivity index (χ3v) is 4.71. The third kappa shape index (κ3) is 2.74. The number of carbonyl (C=O) groups is 1. The number of fused-ring (bicyclic) bond motifs is 2. The number of nitrogens with zero attached hydrogens (tertiary/aromatic N) is 1. The van der Waals surface area contributed by atoms with Crippen molar-refractivity contribution in [2.45, 2.75) is 19.9 Å². The van der Waals surface area contributed by atoms with Crippen LogP contribution in [0.1, 0.15) is 18.1 Å². The standard InChI is InChI=1S/C19H18ClN3O/c1-12(24)22-16-3-2-14-11-23(7-5-13(14)8-16)19-10-15(20)9-18-17(19)4-6-21-18/h2-4,6,8-10,21H,5,7,11H2,1H3,(H,22,24). The smallest absolute Gasteiger partial charge is 0.221 e. The van der Waals surface area contributed by atoms with Gasteiger partial charge in [0.25, 0.3) is 0 Å². The molecule has 2 aromatic carbocycles. The second-order valence-electron chi connectivity index (χ2n) is 6.20. The molecular weight excluding hydrogens is 322 g/mol. The molecule has 2 heterocycles. The van der Waals surface area contributed by atoms with E-state index in [9.17, 15) is 4.79 Å². The van der Waals surface area contributed by atoms with Crippen LogP contribution >= 0.6 is 11.6 Å². The average Bonchev–Trinajstić information content (AvgIpc) is 3.01. The Morgan fingerprint density at radius 1 is 1.21 bits per heavy atom. The van der Waals surface area contributed by atoms with E-state index >= 15 is 0 Å². The van der Waals surface area contributed by atoms with E-state index in [4.69, 9.17) is 11.6 Å². The number of rotatable bonds is 2. The molecule has 122 valence electrons. The van der Waals surface area contributed by atoms with Crippen molar-refractivity contribution in [3.8, 4) is 0 Å². The lowest BCUT2D eigenvalue weighted by Gasteiger charge is -2.31. The number of benzene rings is 2. The molecule has 1 amide bonds. The molecule has 0 saturated heterocycles. The molecule has 3 aromatic rings. The number of aromatic amines is 1. The number of H-pyrrole nitrogens is 1. The fraction of sp³-hybridized carbons (Fsp3) is 0.211. The normalized spacial score (nSPS) is 13.8. The second-order valence-corrected chi connectivity index (χ2v) is 6.64. The van der Waals surface area contributed by atoms with E-state index in [0.717, 1.165) is 41.4 Å². The first-order valence-electron chi connectivity index (χ1n) is 8.01. The second kappa shape index (κ2) is 5.87. The largest absolute Gasteiger partial charge is 0.366 e. The van der Waals surface area contributed by atoms with Gasteiger partial charge in [-0.3, -0.25) is 4.79 Å². The van der Waals surface area contributed by atoms with Crippen molar-refractivity contribution in [2.24, 2.45) is 0 Å². The summed E-state index contributed by atoms with van der Waals surface area (Å²) >= 11 is 6.28. The zero-order valence-corrected chi connectivity index (χ0v) is 14.2. The number of anilines is 2. The Kier molecular flexibility index (Phi) is 3.69. The molecule has 0 saturated carbocycles. The van der Waals surface area contributed by atoms with Gasteiger partial charge in [0.2, 0.25) is 5.91 Å². The van der Waals surface area contributed by atoms with Crippen molar-refractivity contribution in [3.63, 3.8) is 0 Å². The highest BCUT2D eigenvalue weighted by Crippen LogP contribution is 2.34. The molecule has 0 spiro atoms. The molecule has 0 radical (unpaired) electrons. The van der Waals surface area contributed by atoms with Crippen LogP contribution in [0.3, 0.4) is 0 Å². The van der Waals surface area contributed by atoms with Gasteiger partial charge in [-0.2, -0.15) is 0 Å². The Balaban J connectivity index is 1.66. The number of carbonyl (C=O) groups excluding carboxylic acids is 1. The van der Waals surface area contributed by atoms with Crippen LogP contribution in [0.4, 0.5) is 11.4 Å². The van der Waals surface area contributed by atoms with Crippen molar-refractivity contribution in [3.05, 3.63) is 58.7 Å². The number of aromatic nitrogens is 1. The molecular formula is C19H18ClN3O. The molecule has 2 N–H and O–H groups in total. The summed E-state index contributed by atoms with van der Waals surface area (Å²) in [6, 6.07) is 12.2. The molecule has 1 aliphatic rings. The van der Waals surface area contributed by atoms with Gasteiger partial charge in [0.05, 0.1) is 0 Å². The highest BCUT2D eigenvalue weighted by Gasteiger charge is 2.19. The summed E-state index contributed by atoms with van der Waals surface area (Å²) in [5, 5.41) is 4.79. The van der Waals surface area contributed by atoms with Crippen molar-refractivity contribution >= 4 is 39.8 Å². The highest BCUT2D eigenvalue weighted by molar-refractivity contribution is 6.31. The lowest BCUT2D eigenvalue weighted by molar-refractivity contribution is -0.114. The monoisotopic (exact) mass is 339 g/mol. The first-order chi connectivity index (χ1) is 11.6. The molecule has 4 nitrogen and oxygen atoms in total. The van der Waals surface area contributed by atoms with Crippen LogP contribution in [0.2, 0.25) is 5.02 Å². The highest BCUT2D eigenvalue weighted by atomic mass is 35.5. The summed E-state index contributed by atoms with van der Waals surface area (Å²) in [6.45, 7) is 3.30. The molecule has 24 heavy (non-hydrogen) atoms. The molecule has 0 atom stereocenters. The molecule has 0 fully saturated rings. The number of amides is 1. The topological polar surface area (TPSA) is 48.1 Å². The lowest BCUT2D eigenvalue weighted by atomic mass is 9.98. The first kappa shape index (κ1) is 15.1. The summed E-state index contributed by atoms with van der Waals surface area (Å²) in [7, 11) is 0. The Hall–Kier alpha value is -2.46. The van der Waals surface area contributed by atoms with Crippen LogP contribution in [0.5, 0.6) is 0 Å². The quantitative estimate of drug-likeness (QED) is 0.729. The number of hydrogen-bond acceptors (Lipinski definition) is 2. The maximum absolute atomic E-state index is 11.2. The van der Waals surface area contributed by atoms with Crippen LogP contribution in [-0.2, 0) is 17.8 Å². The van der Waals surface area contributed by atoms with E-state index in [-0.39, 0.29) is 5.91 Å². The molecule has 4 rings (SSSR count). The summed E-state index contributed by atoms with van der Waals surface area (Å²) < 4.78 is 0. The Morgan fingerprint density at radius 3 is 2.92 bits per heavy atom. The minimum Gasteiger partial charge on any atom is -0.366 e. The van der Waals surface area contributed by atoms with E-state index in [1.807, 2.05) is 24.4 Å². The zero-order chi connectivity index (χ0) is 16.7. The predicted octanol–water partition coefficient (Wildman–Crippen LogP) is 4.34. The average molecular weight is 340 g/mol. The van der Waals surface area contributed by atoms with Crippen LogP contribution in [-0.4, -0.2) is 17.4 Å². The van der Waals surface area contributed by atoms with E-state index in [1.165, 1.54) is 23.4 Å². The van der Waals surface area contributed by atoms with Crippen molar-refractivity contribution in [1.82, 2.24) is 4.98 Å². The predicted molar refractivity (Wildman–Crippen MR) is 98.8 cm³/mol. The van der Waals surface area contributed by atoms with Gasteiger partial charge in [0.15, 0.2) is 0 Å². The maximum atomic E-state index is 11.2. The van der Waals surface area contributed by atoms with Crippen LogP contribution in [0.25, 0.3) is 10.9 Å². The Labute approximate surface area is 145 Å². The lowest BCUT2D eigenvalue weighted by Crippen LogP contribution is -2.30. The molecule has 0 unspecified atom stereocenters. The van der Waals surface area contributed by atoms with E-state index in [1.54, 1.807) is 0 Å². The van der Waals surface area contributed by atoms with Crippen LogP contribution in [0.15, 0.2) is 42.6 Å². The summed E-state index contributed by atoms with van der Waals surface area (Å²) in [5.74, 6) is -0.0406. The summed E-state index contributed by atoms with van der Waals surface area (Å²) in [6.07, 6.45) is 2.89. The molecule has 5 heteroatoms. The van der Waals surface area contributed by atoms with Crippen LogP contribution in [0, 0.1) is 0 Å². The van der Waals surface area contributed by atoms with E-state index in [2.05, 4.69) is 33.4 Å². The van der Waals surface area contributed by atoms with Gasteiger partial charge in [0.1, 0.15) is 0 Å². The van der Waals surface area contributed by atoms with Gasteiger partial charge < -0.3 is 15.2 Å². The third-order valence-electron chi connectivity index (χ3n) is 4.49. The van der Waals surface area contributed by atoms with Crippen molar-refractivity contribution < 1.29 is 4.79 Å². The molecule has 1 aliphatic heterocycles. The van der Waals surface area contributed by atoms with Gasteiger partial charge in [-0.05, 0) is 47.9 Å². The number of halogens is 1. The minimum atomic E-state index is -0.0406. The molecule has 0 aliphatic carbocycles. The number of hydrogen-bond donors (Lipinski definition) is 2. The Morgan fingerprint density at radius 2 is 2.08 bits per heavy atom. The molecule has 1 aromatic heterocycles. The van der Waals surface area contributed by atoms with Gasteiger partial charge in [-0.25, -0.2) is 0 Å². The zero-order valence-electron chi connectivity index (χ0n) is 13.4. The summed E-state index contributed by atoms with van der Waals surface area (Å²) in [5.41, 5.74) is 5.67. The van der Waals surface area contributed by atoms with Crippen molar-refractivity contribution in [1.29, 1.82) is 0 Å². The maximum Gasteiger partial charge on any atom is 0.221 e. The molecule has 0 bridgehead atoms. The van der Waals surface area contributed by atoms with E-state index < -0.39 is 0 Å². The van der Waals surface area contributed by atoms with Gasteiger partial charge in [-0.1, -0.05) is 17.7 Å². The van der Waals surface area contributed by atoms with Crippen molar-refractivity contribution in [2.75, 3.05) is 16.8 Å². The minimum absolute atomic E-state index is 0.0406. The van der Waals surface area contributed by atoms with Gasteiger partial charge in [-0.15, -0.1) is 0 Å². The fourth-order valence-corrected chi connectivity index (χ4v) is 3.63. The number of nitrogens with one attached hydrogen (secondary N) is 2. The van der Waals surface area contributed by atoms with Gasteiger partial charge in [0, 0.05) is 53.5 Å². The van der Waals surface area contributed by atoms with Gasteiger partial charge >= 0.3 is 0 Å².